The average Bonchev–Trinajstić information content (AvgIpc) is 2.24. The molecular formula is C10H13FN2O5S2. The molecule has 1 rings (SSSR count). The number of hydrogen-bond donors (Lipinski definition) is 2. The van der Waals surface area contributed by atoms with Gasteiger partial charge in [0.25, 0.3) is 0 Å². The van der Waals surface area contributed by atoms with Gasteiger partial charge in [-0.1, -0.05) is 0 Å². The van der Waals surface area contributed by atoms with Gasteiger partial charge < -0.3 is 5.32 Å². The lowest BCUT2D eigenvalue weighted by molar-refractivity contribution is -0.115. The monoisotopic (exact) mass is 324 g/mol. The van der Waals surface area contributed by atoms with Crippen LogP contribution in [-0.4, -0.2) is 34.2 Å². The molecule has 1 atom stereocenters. The number of nitrogens with two attached hydrogens (primary N) is 1. The van der Waals surface area contributed by atoms with Crippen LogP contribution < -0.4 is 10.5 Å². The van der Waals surface area contributed by atoms with Crippen molar-refractivity contribution in [1.29, 1.82) is 0 Å². The van der Waals surface area contributed by atoms with Gasteiger partial charge in [0.1, 0.15) is 11.1 Å². The molecule has 0 bridgehead atoms. The second-order valence-electron chi connectivity index (χ2n) is 4.18. The summed E-state index contributed by atoms with van der Waals surface area (Å²) in [6.45, 7) is 1.16. The highest BCUT2D eigenvalue weighted by Crippen LogP contribution is 2.18. The van der Waals surface area contributed by atoms with Gasteiger partial charge in [0, 0.05) is 11.9 Å². The molecule has 20 heavy (non-hydrogen) atoms. The van der Waals surface area contributed by atoms with E-state index >= 15 is 0 Å². The zero-order valence-corrected chi connectivity index (χ0v) is 12.3. The molecule has 0 aromatic heterocycles. The number of primary sulfonamides is 1. The Morgan fingerprint density at radius 2 is 1.80 bits per heavy atom. The SMILES string of the molecule is CC(C(=O)Nc1cc(F)cc(S(N)(=O)=O)c1)S(C)(=O)=O. The number of sulfone groups is 1. The predicted octanol–water partition coefficient (Wildman–Crippen LogP) is -0.155. The number of benzene rings is 1. The van der Waals surface area contributed by atoms with Crippen molar-refractivity contribution in [2.24, 2.45) is 5.14 Å². The van der Waals surface area contributed by atoms with Crippen LogP contribution in [0.25, 0.3) is 0 Å². The highest BCUT2D eigenvalue weighted by Gasteiger charge is 2.24. The molecule has 0 fully saturated rings. The molecular weight excluding hydrogens is 311 g/mol. The van der Waals surface area contributed by atoms with Crippen LogP contribution in [0, 0.1) is 5.82 Å². The number of amides is 1. The van der Waals surface area contributed by atoms with E-state index in [1.807, 2.05) is 0 Å². The van der Waals surface area contributed by atoms with Gasteiger partial charge >= 0.3 is 0 Å². The fraction of sp³-hybridized carbons (Fsp3) is 0.300. The van der Waals surface area contributed by atoms with Gasteiger partial charge in [-0.05, 0) is 25.1 Å². The molecule has 1 unspecified atom stereocenters. The van der Waals surface area contributed by atoms with Gasteiger partial charge in [0.05, 0.1) is 4.90 Å². The van der Waals surface area contributed by atoms with Gasteiger partial charge in [-0.3, -0.25) is 4.79 Å². The maximum atomic E-state index is 13.3. The molecule has 1 amide bonds. The van der Waals surface area contributed by atoms with E-state index in [1.54, 1.807) is 0 Å². The number of nitrogens with one attached hydrogen (secondary N) is 1. The molecule has 0 spiro atoms. The van der Waals surface area contributed by atoms with E-state index in [9.17, 15) is 26.0 Å². The molecule has 7 nitrogen and oxygen atoms in total. The maximum Gasteiger partial charge on any atom is 0.242 e. The lowest BCUT2D eigenvalue weighted by atomic mass is 10.3. The molecule has 0 radical (unpaired) electrons. The van der Waals surface area contributed by atoms with Crippen molar-refractivity contribution in [3.63, 3.8) is 0 Å². The molecule has 0 heterocycles. The van der Waals surface area contributed by atoms with Gasteiger partial charge in [0.15, 0.2) is 9.84 Å². The molecule has 3 N–H and O–H groups in total. The second-order valence-corrected chi connectivity index (χ2v) is 8.11. The second kappa shape index (κ2) is 5.46. The van der Waals surface area contributed by atoms with Gasteiger partial charge in [-0.25, -0.2) is 26.4 Å². The molecule has 0 aliphatic carbocycles. The summed E-state index contributed by atoms with van der Waals surface area (Å²) in [7, 11) is -7.76. The van der Waals surface area contributed by atoms with Crippen molar-refractivity contribution in [3.8, 4) is 0 Å². The van der Waals surface area contributed by atoms with Crippen LogP contribution >= 0.6 is 0 Å². The quantitative estimate of drug-likeness (QED) is 0.797. The minimum Gasteiger partial charge on any atom is -0.325 e. The zero-order chi connectivity index (χ0) is 15.7. The van der Waals surface area contributed by atoms with Crippen LogP contribution in [0.3, 0.4) is 0 Å². The van der Waals surface area contributed by atoms with Crippen LogP contribution in [0.1, 0.15) is 6.92 Å². The highest BCUT2D eigenvalue weighted by atomic mass is 32.2. The van der Waals surface area contributed by atoms with Crippen LogP contribution in [0.2, 0.25) is 0 Å². The predicted molar refractivity (Wildman–Crippen MR) is 70.7 cm³/mol. The molecule has 1 aromatic rings. The fourth-order valence-electron chi connectivity index (χ4n) is 1.24. The van der Waals surface area contributed by atoms with E-state index in [1.165, 1.54) is 0 Å². The standard InChI is InChI=1S/C10H13FN2O5S2/c1-6(19(2,15)16)10(14)13-8-3-7(11)4-9(5-8)20(12,17)18/h3-6H,1-2H3,(H,13,14)(H2,12,17,18). The Hall–Kier alpha value is -1.52. The first kappa shape index (κ1) is 16.5. The number of carbonyl (C=O) groups excluding carboxylic acids is 1. The third-order valence-corrected chi connectivity index (χ3v) is 4.87. The van der Waals surface area contributed by atoms with Crippen molar-refractivity contribution in [2.75, 3.05) is 11.6 Å². The molecule has 0 aliphatic heterocycles. The minimum absolute atomic E-state index is 0.200. The summed E-state index contributed by atoms with van der Waals surface area (Å²) < 4.78 is 57.9. The third-order valence-electron chi connectivity index (χ3n) is 2.48. The van der Waals surface area contributed by atoms with Gasteiger partial charge in [-0.2, -0.15) is 0 Å². The maximum absolute atomic E-state index is 13.3. The summed E-state index contributed by atoms with van der Waals surface area (Å²) >= 11 is 0. The van der Waals surface area contributed by atoms with Crippen molar-refractivity contribution >= 4 is 31.5 Å². The fourth-order valence-corrected chi connectivity index (χ4v) is 2.25. The molecule has 112 valence electrons. The Balaban J connectivity index is 3.12. The summed E-state index contributed by atoms with van der Waals surface area (Å²) in [6, 6.07) is 2.47. The lowest BCUT2D eigenvalue weighted by Gasteiger charge is -2.11. The highest BCUT2D eigenvalue weighted by molar-refractivity contribution is 7.92. The number of halogens is 1. The van der Waals surface area contributed by atoms with E-state index in [0.717, 1.165) is 25.3 Å². The topological polar surface area (TPSA) is 123 Å². The Bertz CT molecular complexity index is 743. The van der Waals surface area contributed by atoms with E-state index in [2.05, 4.69) is 5.32 Å². The first-order valence-corrected chi connectivity index (χ1v) is 8.74. The molecule has 0 aliphatic rings. The van der Waals surface area contributed by atoms with E-state index in [4.69, 9.17) is 5.14 Å². The number of hydrogen-bond acceptors (Lipinski definition) is 5. The average molecular weight is 324 g/mol. The Labute approximate surface area is 115 Å². The Kier molecular flexibility index (Phi) is 4.52. The van der Waals surface area contributed by atoms with E-state index < -0.39 is 41.7 Å². The Morgan fingerprint density at radius 3 is 2.25 bits per heavy atom. The number of rotatable bonds is 4. The first-order chi connectivity index (χ1) is 8.91. The van der Waals surface area contributed by atoms with Crippen molar-refractivity contribution in [1.82, 2.24) is 0 Å². The summed E-state index contributed by atoms with van der Waals surface area (Å²) in [4.78, 5) is 11.1. The smallest absolute Gasteiger partial charge is 0.242 e. The van der Waals surface area contributed by atoms with E-state index in [0.29, 0.717) is 6.07 Å². The largest absolute Gasteiger partial charge is 0.325 e. The third kappa shape index (κ3) is 4.25. The molecule has 0 saturated heterocycles. The number of carbonyl (C=O) groups is 1. The van der Waals surface area contributed by atoms with E-state index in [-0.39, 0.29) is 5.69 Å². The first-order valence-electron chi connectivity index (χ1n) is 5.24. The summed E-state index contributed by atoms with van der Waals surface area (Å²) in [5.41, 5.74) is -0.200. The summed E-state index contributed by atoms with van der Waals surface area (Å²) in [5, 5.41) is 5.62. The summed E-state index contributed by atoms with van der Waals surface area (Å²) in [6.07, 6.45) is 0.874. The zero-order valence-electron chi connectivity index (χ0n) is 10.6. The van der Waals surface area contributed by atoms with Crippen LogP contribution in [0.5, 0.6) is 0 Å². The molecule has 0 saturated carbocycles. The summed E-state index contributed by atoms with van der Waals surface area (Å²) in [5.74, 6) is -1.84. The van der Waals surface area contributed by atoms with Crippen LogP contribution in [-0.2, 0) is 24.7 Å². The van der Waals surface area contributed by atoms with Crippen molar-refractivity contribution in [2.45, 2.75) is 17.1 Å². The lowest BCUT2D eigenvalue weighted by Crippen LogP contribution is -2.31. The minimum atomic E-state index is -4.14. The molecule has 10 heteroatoms. The van der Waals surface area contributed by atoms with Crippen LogP contribution in [0.4, 0.5) is 10.1 Å². The van der Waals surface area contributed by atoms with Gasteiger partial charge in [0.2, 0.25) is 15.9 Å². The van der Waals surface area contributed by atoms with Crippen molar-refractivity contribution < 1.29 is 26.0 Å². The molecule has 1 aromatic carbocycles. The number of anilines is 1. The van der Waals surface area contributed by atoms with Gasteiger partial charge in [-0.15, -0.1) is 0 Å². The Morgan fingerprint density at radius 1 is 1.25 bits per heavy atom. The normalized spacial score (nSPS) is 13.8. The number of sulfonamides is 1. The van der Waals surface area contributed by atoms with Crippen molar-refractivity contribution in [3.05, 3.63) is 24.0 Å². The van der Waals surface area contributed by atoms with Crippen LogP contribution in [0.15, 0.2) is 23.1 Å².